The number of ether oxygens (including phenoxy) is 2. The molecule has 2 atom stereocenters. The molecule has 168 valence electrons. The van der Waals surface area contributed by atoms with Gasteiger partial charge in [-0.25, -0.2) is 4.39 Å². The van der Waals surface area contributed by atoms with Crippen molar-refractivity contribution in [2.45, 2.75) is 24.8 Å². The first-order chi connectivity index (χ1) is 16.1. The lowest BCUT2D eigenvalue weighted by Crippen LogP contribution is -2.27. The van der Waals surface area contributed by atoms with Crippen molar-refractivity contribution in [2.24, 2.45) is 0 Å². The molecule has 1 aliphatic heterocycles. The van der Waals surface area contributed by atoms with Crippen molar-refractivity contribution in [1.82, 2.24) is 0 Å². The van der Waals surface area contributed by atoms with Gasteiger partial charge in [-0.1, -0.05) is 36.4 Å². The Kier molecular flexibility index (Phi) is 5.50. The number of halogens is 1. The minimum absolute atomic E-state index is 0.00269. The molecule has 2 aliphatic rings. The molecule has 0 fully saturated rings. The monoisotopic (exact) mass is 444 g/mol. The van der Waals surface area contributed by atoms with Crippen LogP contribution < -0.4 is 20.1 Å². The number of anilines is 2. The highest BCUT2D eigenvalue weighted by Crippen LogP contribution is 2.45. The summed E-state index contributed by atoms with van der Waals surface area (Å²) >= 11 is 0. The normalized spacial score (nSPS) is 19.5. The molecule has 3 aromatic carbocycles. The summed E-state index contributed by atoms with van der Waals surface area (Å²) in [6.45, 7) is 0. The topological polar surface area (TPSA) is 59.6 Å². The van der Waals surface area contributed by atoms with Gasteiger partial charge in [-0.15, -0.1) is 0 Å². The molecule has 6 heteroatoms. The van der Waals surface area contributed by atoms with Crippen molar-refractivity contribution in [3.8, 4) is 11.5 Å². The number of carbonyl (C=O) groups is 1. The van der Waals surface area contributed by atoms with Gasteiger partial charge in [0.1, 0.15) is 5.82 Å². The molecule has 0 unspecified atom stereocenters. The summed E-state index contributed by atoms with van der Waals surface area (Å²) in [5, 5.41) is 6.90. The second-order valence-corrected chi connectivity index (χ2v) is 8.30. The van der Waals surface area contributed by atoms with Gasteiger partial charge in [-0.3, -0.25) is 4.79 Å². The first-order valence-corrected chi connectivity index (χ1v) is 10.9. The third-order valence-corrected chi connectivity index (χ3v) is 6.40. The number of ketones is 1. The van der Waals surface area contributed by atoms with Crippen molar-refractivity contribution >= 4 is 17.2 Å². The Bertz CT molecular complexity index is 1250. The van der Waals surface area contributed by atoms with E-state index in [4.69, 9.17) is 9.47 Å². The summed E-state index contributed by atoms with van der Waals surface area (Å²) in [6, 6.07) is 19.6. The summed E-state index contributed by atoms with van der Waals surface area (Å²) in [6.07, 6.45) is 0.955. The van der Waals surface area contributed by atoms with Gasteiger partial charge >= 0.3 is 0 Å². The number of nitrogens with one attached hydrogen (secondary N) is 2. The Morgan fingerprint density at radius 2 is 1.61 bits per heavy atom. The Labute approximate surface area is 192 Å². The number of allylic oxidation sites excluding steroid dienone is 1. The number of methoxy groups -OCH3 is 2. The largest absolute Gasteiger partial charge is 0.493 e. The first-order valence-electron chi connectivity index (χ1n) is 10.9. The molecule has 2 N–H and O–H groups in total. The van der Waals surface area contributed by atoms with Crippen LogP contribution in [0.1, 0.15) is 35.9 Å². The summed E-state index contributed by atoms with van der Waals surface area (Å²) < 4.78 is 25.7. The van der Waals surface area contributed by atoms with E-state index in [-0.39, 0.29) is 17.5 Å². The van der Waals surface area contributed by atoms with Crippen LogP contribution in [0.4, 0.5) is 15.8 Å². The van der Waals surface area contributed by atoms with E-state index in [0.717, 1.165) is 22.6 Å². The van der Waals surface area contributed by atoms with Crippen molar-refractivity contribution in [3.63, 3.8) is 0 Å². The third-order valence-electron chi connectivity index (χ3n) is 6.40. The van der Waals surface area contributed by atoms with Gasteiger partial charge in [0.2, 0.25) is 0 Å². The fourth-order valence-electron chi connectivity index (χ4n) is 4.78. The van der Waals surface area contributed by atoms with E-state index in [1.165, 1.54) is 6.07 Å². The average Bonchev–Trinajstić information content (AvgIpc) is 3.00. The molecule has 0 saturated carbocycles. The zero-order valence-corrected chi connectivity index (χ0v) is 18.5. The standard InChI is InChI=1S/C27H25FN2O3/c1-32-24-12-11-16(15-25(24)33-2)17-13-22-26(23(31)14-17)27(18-7-3-4-8-19(18)28)30-21-10-6-5-9-20(21)29-22/h3-12,15,17,27,29-30H,13-14H2,1-2H3/t17-,27-/m0/s1. The van der Waals surface area contributed by atoms with E-state index < -0.39 is 6.04 Å². The predicted octanol–water partition coefficient (Wildman–Crippen LogP) is 5.82. The second kappa shape index (κ2) is 8.62. The van der Waals surface area contributed by atoms with Crippen LogP contribution in [-0.4, -0.2) is 20.0 Å². The van der Waals surface area contributed by atoms with E-state index in [9.17, 15) is 9.18 Å². The Hall–Kier alpha value is -3.80. The second-order valence-electron chi connectivity index (χ2n) is 8.30. The zero-order valence-electron chi connectivity index (χ0n) is 18.5. The summed E-state index contributed by atoms with van der Waals surface area (Å²) in [5.74, 6) is 0.907. The van der Waals surface area contributed by atoms with Crippen molar-refractivity contribution < 1.29 is 18.7 Å². The minimum atomic E-state index is -0.573. The molecule has 3 aromatic rings. The molecule has 0 spiro atoms. The molecule has 0 aromatic heterocycles. The lowest BCUT2D eigenvalue weighted by molar-refractivity contribution is -0.116. The molecule has 0 radical (unpaired) electrons. The molecule has 5 nitrogen and oxygen atoms in total. The Morgan fingerprint density at radius 3 is 2.36 bits per heavy atom. The number of Topliss-reactive ketones (excluding diaryl/α,β-unsaturated/α-hetero) is 1. The van der Waals surface area contributed by atoms with Crippen LogP contribution in [0.5, 0.6) is 11.5 Å². The predicted molar refractivity (Wildman–Crippen MR) is 126 cm³/mol. The van der Waals surface area contributed by atoms with Gasteiger partial charge in [0, 0.05) is 23.3 Å². The molecular weight excluding hydrogens is 419 g/mol. The van der Waals surface area contributed by atoms with Crippen LogP contribution in [-0.2, 0) is 4.79 Å². The highest BCUT2D eigenvalue weighted by Gasteiger charge is 2.37. The number of carbonyl (C=O) groups excluding carboxylic acids is 1. The van der Waals surface area contributed by atoms with Crippen LogP contribution in [0.15, 0.2) is 78.0 Å². The van der Waals surface area contributed by atoms with E-state index in [1.807, 2.05) is 42.5 Å². The van der Waals surface area contributed by atoms with Crippen LogP contribution >= 0.6 is 0 Å². The smallest absolute Gasteiger partial charge is 0.163 e. The summed E-state index contributed by atoms with van der Waals surface area (Å²) in [5.41, 5.74) is 4.56. The summed E-state index contributed by atoms with van der Waals surface area (Å²) in [4.78, 5) is 13.6. The number of rotatable bonds is 4. The average molecular weight is 445 g/mol. The first kappa shape index (κ1) is 21.1. The third kappa shape index (κ3) is 3.82. The zero-order chi connectivity index (χ0) is 22.9. The van der Waals surface area contributed by atoms with Gasteiger partial charge in [0.05, 0.1) is 31.6 Å². The molecule has 0 saturated heterocycles. The highest BCUT2D eigenvalue weighted by atomic mass is 19.1. The molecule has 0 bridgehead atoms. The van der Waals surface area contributed by atoms with Gasteiger partial charge < -0.3 is 20.1 Å². The van der Waals surface area contributed by atoms with Gasteiger partial charge in [-0.05, 0) is 48.2 Å². The Morgan fingerprint density at radius 1 is 0.879 bits per heavy atom. The quantitative estimate of drug-likeness (QED) is 0.531. The maximum Gasteiger partial charge on any atom is 0.163 e. The Balaban J connectivity index is 1.59. The molecule has 1 aliphatic carbocycles. The molecule has 0 amide bonds. The highest BCUT2D eigenvalue weighted by molar-refractivity contribution is 6.01. The maximum atomic E-state index is 14.8. The fourth-order valence-corrected chi connectivity index (χ4v) is 4.78. The van der Waals surface area contributed by atoms with Gasteiger partial charge in [-0.2, -0.15) is 0 Å². The number of hydrogen-bond acceptors (Lipinski definition) is 5. The lowest BCUT2D eigenvalue weighted by Gasteiger charge is -2.30. The van der Waals surface area contributed by atoms with Crippen molar-refractivity contribution in [3.05, 3.63) is 94.9 Å². The van der Waals surface area contributed by atoms with E-state index in [2.05, 4.69) is 10.6 Å². The number of hydrogen-bond donors (Lipinski definition) is 2. The fraction of sp³-hybridized carbons (Fsp3) is 0.222. The van der Waals surface area contributed by atoms with Crippen LogP contribution in [0.2, 0.25) is 0 Å². The summed E-state index contributed by atoms with van der Waals surface area (Å²) in [7, 11) is 3.20. The molecule has 5 rings (SSSR count). The van der Waals surface area contributed by atoms with E-state index in [1.54, 1.807) is 32.4 Å². The van der Waals surface area contributed by atoms with Crippen molar-refractivity contribution in [2.75, 3.05) is 24.9 Å². The minimum Gasteiger partial charge on any atom is -0.493 e. The molecule has 33 heavy (non-hydrogen) atoms. The van der Waals surface area contributed by atoms with Crippen LogP contribution in [0.25, 0.3) is 0 Å². The number of fused-ring (bicyclic) bond motifs is 1. The number of para-hydroxylation sites is 2. The van der Waals surface area contributed by atoms with Gasteiger partial charge in [0.25, 0.3) is 0 Å². The SMILES string of the molecule is COc1ccc([C@@H]2CC(=O)C3=C(C2)Nc2ccccc2N[C@H]3c2ccccc2F)cc1OC. The lowest BCUT2D eigenvalue weighted by atomic mass is 9.78. The van der Waals surface area contributed by atoms with E-state index >= 15 is 0 Å². The molecule has 1 heterocycles. The van der Waals surface area contributed by atoms with E-state index in [0.29, 0.717) is 35.5 Å². The maximum absolute atomic E-state index is 14.8. The van der Waals surface area contributed by atoms with Crippen LogP contribution in [0.3, 0.4) is 0 Å². The molecular formula is C27H25FN2O3. The number of benzene rings is 3. The van der Waals surface area contributed by atoms with Crippen LogP contribution in [0, 0.1) is 5.82 Å². The van der Waals surface area contributed by atoms with Gasteiger partial charge in [0.15, 0.2) is 17.3 Å². The van der Waals surface area contributed by atoms with Crippen molar-refractivity contribution in [1.29, 1.82) is 0 Å².